The maximum atomic E-state index is 13.7. The van der Waals surface area contributed by atoms with Gasteiger partial charge >= 0.3 is 0 Å². The SMILES string of the molecule is CCC(=O)Nc1ncc(-c2ccc(F)cc2)n(Cc2cncc(N3CCc4cc(F)ccc43)c2)c1=O. The number of carbonyl (C=O) groups is 1. The zero-order chi connectivity index (χ0) is 25.2. The fourth-order valence-electron chi connectivity index (χ4n) is 4.33. The topological polar surface area (TPSA) is 80.1 Å². The molecule has 2 aromatic heterocycles. The van der Waals surface area contributed by atoms with Crippen LogP contribution in [-0.2, 0) is 17.8 Å². The normalized spacial score (nSPS) is 12.5. The first-order chi connectivity index (χ1) is 17.4. The molecule has 0 saturated carbocycles. The summed E-state index contributed by atoms with van der Waals surface area (Å²) in [6.45, 7) is 2.52. The summed E-state index contributed by atoms with van der Waals surface area (Å²) >= 11 is 0. The Morgan fingerprint density at radius 3 is 2.58 bits per heavy atom. The van der Waals surface area contributed by atoms with Gasteiger partial charge in [-0.3, -0.25) is 19.1 Å². The third-order valence-electron chi connectivity index (χ3n) is 6.14. The van der Waals surface area contributed by atoms with Crippen molar-refractivity contribution in [3.8, 4) is 11.3 Å². The highest BCUT2D eigenvalue weighted by Crippen LogP contribution is 2.35. The molecule has 36 heavy (non-hydrogen) atoms. The predicted octanol–water partition coefficient (Wildman–Crippen LogP) is 4.67. The van der Waals surface area contributed by atoms with E-state index >= 15 is 0 Å². The van der Waals surface area contributed by atoms with Crippen LogP contribution in [0, 0.1) is 11.6 Å². The summed E-state index contributed by atoms with van der Waals surface area (Å²) in [7, 11) is 0. The molecule has 4 aromatic rings. The number of halogens is 2. The van der Waals surface area contributed by atoms with Crippen molar-refractivity contribution in [1.29, 1.82) is 0 Å². The van der Waals surface area contributed by atoms with E-state index in [1.54, 1.807) is 43.6 Å². The average molecular weight is 488 g/mol. The third kappa shape index (κ3) is 4.59. The van der Waals surface area contributed by atoms with Crippen molar-refractivity contribution >= 4 is 23.1 Å². The quantitative estimate of drug-likeness (QED) is 0.427. The molecule has 0 bridgehead atoms. The summed E-state index contributed by atoms with van der Waals surface area (Å²) in [5, 5.41) is 2.55. The van der Waals surface area contributed by atoms with Gasteiger partial charge in [0.2, 0.25) is 5.91 Å². The number of nitrogens with zero attached hydrogens (tertiary/aromatic N) is 4. The molecule has 1 N–H and O–H groups in total. The van der Waals surface area contributed by atoms with E-state index in [0.29, 0.717) is 17.8 Å². The van der Waals surface area contributed by atoms with Crippen LogP contribution in [0.15, 0.2) is 71.9 Å². The molecule has 0 atom stereocenters. The average Bonchev–Trinajstić information content (AvgIpc) is 3.30. The van der Waals surface area contributed by atoms with Crippen molar-refractivity contribution in [2.45, 2.75) is 26.3 Å². The molecule has 5 rings (SSSR count). The molecule has 0 fully saturated rings. The Hall–Kier alpha value is -4.40. The van der Waals surface area contributed by atoms with Gasteiger partial charge in [-0.25, -0.2) is 13.8 Å². The number of hydrogen-bond donors (Lipinski definition) is 1. The molecule has 7 nitrogen and oxygen atoms in total. The Balaban J connectivity index is 1.54. The summed E-state index contributed by atoms with van der Waals surface area (Å²) in [6, 6.07) is 12.4. The van der Waals surface area contributed by atoms with Crippen molar-refractivity contribution in [3.05, 3.63) is 100 Å². The van der Waals surface area contributed by atoms with Gasteiger partial charge < -0.3 is 10.2 Å². The van der Waals surface area contributed by atoms with Gasteiger partial charge in [0, 0.05) is 30.4 Å². The second kappa shape index (κ2) is 9.69. The van der Waals surface area contributed by atoms with Gasteiger partial charge in [0.05, 0.1) is 30.3 Å². The number of fused-ring (bicyclic) bond motifs is 1. The Bertz CT molecular complexity index is 1500. The summed E-state index contributed by atoms with van der Waals surface area (Å²) in [6.07, 6.45) is 5.80. The van der Waals surface area contributed by atoms with E-state index in [-0.39, 0.29) is 30.5 Å². The van der Waals surface area contributed by atoms with Gasteiger partial charge in [-0.2, -0.15) is 0 Å². The molecule has 9 heteroatoms. The van der Waals surface area contributed by atoms with Gasteiger partial charge in [0.15, 0.2) is 5.82 Å². The van der Waals surface area contributed by atoms with Crippen LogP contribution in [0.3, 0.4) is 0 Å². The first-order valence-electron chi connectivity index (χ1n) is 11.6. The molecule has 0 aliphatic carbocycles. The second-order valence-electron chi connectivity index (χ2n) is 8.52. The molecule has 1 aliphatic heterocycles. The van der Waals surface area contributed by atoms with Crippen LogP contribution in [0.5, 0.6) is 0 Å². The van der Waals surface area contributed by atoms with E-state index in [1.807, 2.05) is 6.07 Å². The number of amides is 1. The van der Waals surface area contributed by atoms with Gasteiger partial charge in [-0.15, -0.1) is 0 Å². The zero-order valence-electron chi connectivity index (χ0n) is 19.5. The lowest BCUT2D eigenvalue weighted by Gasteiger charge is -2.20. The minimum Gasteiger partial charge on any atom is -0.340 e. The van der Waals surface area contributed by atoms with Crippen LogP contribution in [0.4, 0.5) is 26.0 Å². The maximum absolute atomic E-state index is 13.7. The number of nitrogens with one attached hydrogen (secondary N) is 1. The number of benzene rings is 2. The number of pyridine rings is 1. The largest absolute Gasteiger partial charge is 0.340 e. The van der Waals surface area contributed by atoms with Gasteiger partial charge in [-0.1, -0.05) is 6.92 Å². The Kier molecular flexibility index (Phi) is 6.28. The Morgan fingerprint density at radius 1 is 1.03 bits per heavy atom. The third-order valence-corrected chi connectivity index (χ3v) is 6.14. The predicted molar refractivity (Wildman–Crippen MR) is 133 cm³/mol. The summed E-state index contributed by atoms with van der Waals surface area (Å²) < 4.78 is 28.7. The molecule has 0 saturated heterocycles. The minimum atomic E-state index is -0.481. The number of hydrogen-bond acceptors (Lipinski definition) is 5. The minimum absolute atomic E-state index is 0.0766. The monoisotopic (exact) mass is 487 g/mol. The maximum Gasteiger partial charge on any atom is 0.294 e. The smallest absolute Gasteiger partial charge is 0.294 e. The van der Waals surface area contributed by atoms with Crippen LogP contribution in [0.1, 0.15) is 24.5 Å². The summed E-state index contributed by atoms with van der Waals surface area (Å²) in [4.78, 5) is 35.9. The molecule has 0 radical (unpaired) electrons. The van der Waals surface area contributed by atoms with Crippen LogP contribution in [-0.4, -0.2) is 27.0 Å². The van der Waals surface area contributed by atoms with E-state index in [2.05, 4.69) is 20.2 Å². The van der Waals surface area contributed by atoms with Crippen LogP contribution < -0.4 is 15.8 Å². The molecule has 0 unspecified atom stereocenters. The van der Waals surface area contributed by atoms with Crippen molar-refractivity contribution in [1.82, 2.24) is 14.5 Å². The van der Waals surface area contributed by atoms with E-state index in [9.17, 15) is 18.4 Å². The lowest BCUT2D eigenvalue weighted by molar-refractivity contribution is -0.115. The van der Waals surface area contributed by atoms with Crippen LogP contribution in [0.25, 0.3) is 11.3 Å². The van der Waals surface area contributed by atoms with E-state index < -0.39 is 11.4 Å². The number of anilines is 3. The van der Waals surface area contributed by atoms with Gasteiger partial charge in [0.1, 0.15) is 11.6 Å². The lowest BCUT2D eigenvalue weighted by Crippen LogP contribution is -2.28. The molecule has 2 aromatic carbocycles. The van der Waals surface area contributed by atoms with Crippen molar-refractivity contribution < 1.29 is 13.6 Å². The second-order valence-corrected chi connectivity index (χ2v) is 8.52. The van der Waals surface area contributed by atoms with E-state index in [4.69, 9.17) is 0 Å². The van der Waals surface area contributed by atoms with Crippen molar-refractivity contribution in [3.63, 3.8) is 0 Å². The van der Waals surface area contributed by atoms with Crippen molar-refractivity contribution in [2.75, 3.05) is 16.8 Å². The first-order valence-corrected chi connectivity index (χ1v) is 11.6. The van der Waals surface area contributed by atoms with Crippen LogP contribution in [0.2, 0.25) is 0 Å². The lowest BCUT2D eigenvalue weighted by atomic mass is 10.1. The van der Waals surface area contributed by atoms with E-state index in [1.165, 1.54) is 29.0 Å². The first kappa shape index (κ1) is 23.3. The number of carbonyl (C=O) groups excluding carboxylic acids is 1. The van der Waals surface area contributed by atoms with Gasteiger partial charge in [-0.05, 0) is 66.1 Å². The molecule has 0 spiro atoms. The number of rotatable bonds is 6. The van der Waals surface area contributed by atoms with E-state index in [0.717, 1.165) is 28.9 Å². The standard InChI is InChI=1S/C27H23F2N5O2/c1-2-25(35)32-26-27(36)34(24(15-31-26)18-3-5-20(28)6-4-18)16-17-11-22(14-30-13-17)33-10-9-19-12-21(29)7-8-23(19)33/h3-8,11-15H,2,9-10,16H2,1H3,(H,31,32,35). The molecular weight excluding hydrogens is 464 g/mol. The van der Waals surface area contributed by atoms with Crippen molar-refractivity contribution in [2.24, 2.45) is 0 Å². The molecular formula is C27H23F2N5O2. The molecule has 182 valence electrons. The highest BCUT2D eigenvalue weighted by atomic mass is 19.1. The van der Waals surface area contributed by atoms with Crippen LogP contribution >= 0.6 is 0 Å². The Labute approximate surface area is 206 Å². The molecule has 1 amide bonds. The fourth-order valence-corrected chi connectivity index (χ4v) is 4.33. The summed E-state index contributed by atoms with van der Waals surface area (Å²) in [5.74, 6) is -1.06. The molecule has 1 aliphatic rings. The Morgan fingerprint density at radius 2 is 1.81 bits per heavy atom. The zero-order valence-corrected chi connectivity index (χ0v) is 19.5. The van der Waals surface area contributed by atoms with Gasteiger partial charge in [0.25, 0.3) is 5.56 Å². The molecule has 3 heterocycles. The fraction of sp³-hybridized carbons (Fsp3) is 0.185. The number of aromatic nitrogens is 3. The summed E-state index contributed by atoms with van der Waals surface area (Å²) in [5.41, 5.74) is 4.02. The highest BCUT2D eigenvalue weighted by Gasteiger charge is 2.22. The highest BCUT2D eigenvalue weighted by molar-refractivity contribution is 5.89.